The van der Waals surface area contributed by atoms with Crippen LogP contribution in [0.15, 0.2) is 23.0 Å². The van der Waals surface area contributed by atoms with Gasteiger partial charge in [0, 0.05) is 38.4 Å². The third kappa shape index (κ3) is 2.37. The van der Waals surface area contributed by atoms with Gasteiger partial charge in [0.25, 0.3) is 11.8 Å². The van der Waals surface area contributed by atoms with Gasteiger partial charge < -0.3 is 23.6 Å². The van der Waals surface area contributed by atoms with Gasteiger partial charge in [-0.25, -0.2) is 0 Å². The number of halogens is 1. The Balaban J connectivity index is 1.63. The van der Waals surface area contributed by atoms with Crippen LogP contribution in [0.4, 0.5) is 0 Å². The Morgan fingerprint density at radius 1 is 1.32 bits per heavy atom. The standard InChI is InChI=1S/C19H21ClN4O4/c1-12-15(10-28-21-12)17(25)23-4-5-24-18(26)16-8-14(20)9-22(16)11-19(23,24)13-2-6-27-7-3-13/h8-10,13H,2-7,11H2,1H3. The number of amides is 2. The van der Waals surface area contributed by atoms with Crippen LogP contribution in [-0.4, -0.2) is 63.3 Å². The zero-order chi connectivity index (χ0) is 19.5. The van der Waals surface area contributed by atoms with Gasteiger partial charge in [0.1, 0.15) is 23.2 Å². The van der Waals surface area contributed by atoms with E-state index in [1.807, 2.05) is 14.4 Å². The molecular formula is C19H21ClN4O4. The van der Waals surface area contributed by atoms with Crippen LogP contribution in [0.1, 0.15) is 39.4 Å². The van der Waals surface area contributed by atoms with Gasteiger partial charge in [-0.15, -0.1) is 0 Å². The van der Waals surface area contributed by atoms with E-state index in [4.69, 9.17) is 20.9 Å². The molecule has 0 bridgehead atoms. The topological polar surface area (TPSA) is 80.8 Å². The Labute approximate surface area is 166 Å². The van der Waals surface area contributed by atoms with Gasteiger partial charge >= 0.3 is 0 Å². The summed E-state index contributed by atoms with van der Waals surface area (Å²) in [6.45, 7) is 4.48. The maximum atomic E-state index is 13.5. The minimum absolute atomic E-state index is 0.0815. The molecule has 148 valence electrons. The van der Waals surface area contributed by atoms with Crippen molar-refractivity contribution < 1.29 is 18.8 Å². The molecule has 5 heterocycles. The zero-order valence-electron chi connectivity index (χ0n) is 15.6. The summed E-state index contributed by atoms with van der Waals surface area (Å²) in [6.07, 6.45) is 4.75. The molecule has 2 aromatic heterocycles. The number of ether oxygens (including phenoxy) is 1. The second kappa shape index (κ2) is 6.35. The highest BCUT2D eigenvalue weighted by molar-refractivity contribution is 6.31. The molecule has 5 rings (SSSR count). The van der Waals surface area contributed by atoms with Crippen molar-refractivity contribution in [2.24, 2.45) is 5.92 Å². The molecule has 3 aliphatic heterocycles. The number of carbonyl (C=O) groups excluding carboxylic acids is 2. The maximum Gasteiger partial charge on any atom is 0.272 e. The highest BCUT2D eigenvalue weighted by Gasteiger charge is 2.59. The molecule has 3 aliphatic rings. The molecule has 9 heteroatoms. The first kappa shape index (κ1) is 17.8. The van der Waals surface area contributed by atoms with E-state index >= 15 is 0 Å². The SMILES string of the molecule is Cc1nocc1C(=O)N1CCN2C(=O)c3cc(Cl)cn3CC12C1CCOCC1. The molecule has 0 aliphatic carbocycles. The molecule has 2 saturated heterocycles. The van der Waals surface area contributed by atoms with Crippen molar-refractivity contribution in [3.63, 3.8) is 0 Å². The van der Waals surface area contributed by atoms with Gasteiger partial charge in [-0.05, 0) is 25.8 Å². The molecule has 2 aromatic rings. The molecule has 2 amide bonds. The Morgan fingerprint density at radius 2 is 2.11 bits per heavy atom. The van der Waals surface area contributed by atoms with Gasteiger partial charge in [-0.2, -0.15) is 0 Å². The van der Waals surface area contributed by atoms with Crippen LogP contribution in [0.3, 0.4) is 0 Å². The van der Waals surface area contributed by atoms with E-state index in [9.17, 15) is 9.59 Å². The van der Waals surface area contributed by atoms with Crippen LogP contribution in [0.5, 0.6) is 0 Å². The fraction of sp³-hybridized carbons (Fsp3) is 0.526. The molecule has 28 heavy (non-hydrogen) atoms. The van der Waals surface area contributed by atoms with Crippen molar-refractivity contribution >= 4 is 23.4 Å². The van der Waals surface area contributed by atoms with Crippen molar-refractivity contribution in [2.45, 2.75) is 32.0 Å². The van der Waals surface area contributed by atoms with Crippen molar-refractivity contribution in [3.8, 4) is 0 Å². The number of aryl methyl sites for hydroxylation is 1. The number of rotatable bonds is 2. The molecule has 1 unspecified atom stereocenters. The first-order valence-corrected chi connectivity index (χ1v) is 9.88. The first-order chi connectivity index (χ1) is 13.5. The molecule has 1 atom stereocenters. The lowest BCUT2D eigenvalue weighted by atomic mass is 9.82. The van der Waals surface area contributed by atoms with Crippen LogP contribution >= 0.6 is 11.6 Å². The molecule has 0 aromatic carbocycles. The van der Waals surface area contributed by atoms with E-state index < -0.39 is 5.66 Å². The Morgan fingerprint density at radius 3 is 2.82 bits per heavy atom. The lowest BCUT2D eigenvalue weighted by molar-refractivity contribution is -0.0714. The third-order valence-corrected chi connectivity index (χ3v) is 6.52. The van der Waals surface area contributed by atoms with E-state index in [2.05, 4.69) is 5.16 Å². The van der Waals surface area contributed by atoms with Crippen molar-refractivity contribution in [1.29, 1.82) is 0 Å². The number of carbonyl (C=O) groups is 2. The van der Waals surface area contributed by atoms with Crippen LogP contribution < -0.4 is 0 Å². The van der Waals surface area contributed by atoms with Crippen molar-refractivity contribution in [2.75, 3.05) is 26.3 Å². The largest absolute Gasteiger partial charge is 0.381 e. The monoisotopic (exact) mass is 404 g/mol. The molecule has 2 fully saturated rings. The molecule has 0 radical (unpaired) electrons. The summed E-state index contributed by atoms with van der Waals surface area (Å²) in [7, 11) is 0. The van der Waals surface area contributed by atoms with Crippen LogP contribution in [0.2, 0.25) is 5.02 Å². The van der Waals surface area contributed by atoms with E-state index in [1.165, 1.54) is 6.26 Å². The molecule has 0 N–H and O–H groups in total. The average molecular weight is 405 g/mol. The summed E-state index contributed by atoms with van der Waals surface area (Å²) in [5.74, 6) is -0.115. The van der Waals surface area contributed by atoms with Crippen LogP contribution in [-0.2, 0) is 11.3 Å². The lowest BCUT2D eigenvalue weighted by Crippen LogP contribution is -2.66. The minimum atomic E-state index is -0.739. The summed E-state index contributed by atoms with van der Waals surface area (Å²) in [5, 5.41) is 4.38. The number of nitrogens with zero attached hydrogens (tertiary/aromatic N) is 4. The quantitative estimate of drug-likeness (QED) is 0.766. The van der Waals surface area contributed by atoms with E-state index in [0.717, 1.165) is 12.8 Å². The summed E-state index contributed by atoms with van der Waals surface area (Å²) >= 11 is 6.19. The van der Waals surface area contributed by atoms with E-state index in [0.29, 0.717) is 54.8 Å². The Kier molecular flexibility index (Phi) is 4.03. The normalized spacial score (nSPS) is 25.1. The van der Waals surface area contributed by atoms with Gasteiger partial charge in [0.2, 0.25) is 0 Å². The first-order valence-electron chi connectivity index (χ1n) is 9.50. The fourth-order valence-electron chi connectivity index (χ4n) is 5.00. The van der Waals surface area contributed by atoms with Gasteiger partial charge in [0.15, 0.2) is 0 Å². The molecule has 8 nitrogen and oxygen atoms in total. The number of hydrogen-bond donors (Lipinski definition) is 0. The van der Waals surface area contributed by atoms with E-state index in [-0.39, 0.29) is 17.7 Å². The van der Waals surface area contributed by atoms with Crippen molar-refractivity contribution in [1.82, 2.24) is 19.5 Å². The lowest BCUT2D eigenvalue weighted by Gasteiger charge is -2.52. The van der Waals surface area contributed by atoms with Crippen molar-refractivity contribution in [3.05, 3.63) is 40.5 Å². The minimum Gasteiger partial charge on any atom is -0.381 e. The molecule has 0 spiro atoms. The third-order valence-electron chi connectivity index (χ3n) is 6.31. The zero-order valence-corrected chi connectivity index (χ0v) is 16.3. The van der Waals surface area contributed by atoms with Crippen LogP contribution in [0, 0.1) is 12.8 Å². The van der Waals surface area contributed by atoms with Gasteiger partial charge in [-0.1, -0.05) is 16.8 Å². The summed E-state index contributed by atoms with van der Waals surface area (Å²) < 4.78 is 12.5. The predicted molar refractivity (Wildman–Crippen MR) is 99.0 cm³/mol. The number of aromatic nitrogens is 2. The number of fused-ring (bicyclic) bond motifs is 2. The highest BCUT2D eigenvalue weighted by Crippen LogP contribution is 2.45. The summed E-state index contributed by atoms with van der Waals surface area (Å²) in [5.41, 5.74) is 0.828. The maximum absolute atomic E-state index is 13.5. The Bertz CT molecular complexity index is 948. The Hall–Kier alpha value is -2.32. The average Bonchev–Trinajstić information content (AvgIpc) is 3.39. The number of hydrogen-bond acceptors (Lipinski definition) is 5. The fourth-order valence-corrected chi connectivity index (χ4v) is 5.23. The second-order valence-corrected chi connectivity index (χ2v) is 8.10. The van der Waals surface area contributed by atoms with Gasteiger partial charge in [0.05, 0.1) is 17.3 Å². The van der Waals surface area contributed by atoms with Crippen LogP contribution in [0.25, 0.3) is 0 Å². The predicted octanol–water partition coefficient (Wildman–Crippen LogP) is 2.17. The summed E-state index contributed by atoms with van der Waals surface area (Å²) in [6, 6.07) is 1.70. The van der Waals surface area contributed by atoms with E-state index in [1.54, 1.807) is 19.2 Å². The summed E-state index contributed by atoms with van der Waals surface area (Å²) in [4.78, 5) is 30.5. The smallest absolute Gasteiger partial charge is 0.272 e. The highest BCUT2D eigenvalue weighted by atomic mass is 35.5. The van der Waals surface area contributed by atoms with Gasteiger partial charge in [-0.3, -0.25) is 9.59 Å². The molecule has 0 saturated carbocycles. The second-order valence-electron chi connectivity index (χ2n) is 7.66. The molecular weight excluding hydrogens is 384 g/mol.